The minimum Gasteiger partial charge on any atom is -0.488 e. The van der Waals surface area contributed by atoms with Crippen molar-refractivity contribution >= 4 is 39.9 Å². The highest BCUT2D eigenvalue weighted by Crippen LogP contribution is 2.27. The van der Waals surface area contributed by atoms with Gasteiger partial charge in [-0.2, -0.15) is 0 Å². The summed E-state index contributed by atoms with van der Waals surface area (Å²) in [7, 11) is 0. The van der Waals surface area contributed by atoms with Gasteiger partial charge in [-0.15, -0.1) is 12.4 Å². The molecule has 0 aliphatic rings. The fraction of sp³-hybridized carbons (Fsp3) is 0.368. The van der Waals surface area contributed by atoms with Gasteiger partial charge in [-0.05, 0) is 77.1 Å². The van der Waals surface area contributed by atoms with Gasteiger partial charge in [0.05, 0.1) is 4.47 Å². The van der Waals surface area contributed by atoms with Gasteiger partial charge in [0.2, 0.25) is 0 Å². The quantitative estimate of drug-likeness (QED) is 0.481. The Morgan fingerprint density at radius 1 is 1.00 bits per heavy atom. The SMILES string of the molecule is Cl.OCCCCCNCc1ccc(OCc2ccc(Cl)cc2)c(Br)c1. The second kappa shape index (κ2) is 12.6. The van der Waals surface area contributed by atoms with Gasteiger partial charge < -0.3 is 15.2 Å². The second-order valence-corrected chi connectivity index (χ2v) is 6.93. The van der Waals surface area contributed by atoms with Crippen molar-refractivity contribution in [1.82, 2.24) is 5.32 Å². The first-order chi connectivity index (χ1) is 11.7. The maximum absolute atomic E-state index is 8.74. The van der Waals surface area contributed by atoms with Gasteiger partial charge in [0.1, 0.15) is 12.4 Å². The Balaban J connectivity index is 0.00000312. The third kappa shape index (κ3) is 8.43. The monoisotopic (exact) mass is 447 g/mol. The number of halogens is 3. The Kier molecular flexibility index (Phi) is 11.2. The molecule has 0 saturated carbocycles. The van der Waals surface area contributed by atoms with Crippen LogP contribution in [0.4, 0.5) is 0 Å². The van der Waals surface area contributed by atoms with Crippen molar-refractivity contribution in [3.63, 3.8) is 0 Å². The van der Waals surface area contributed by atoms with E-state index in [1.54, 1.807) is 0 Å². The molecule has 0 atom stereocenters. The second-order valence-electron chi connectivity index (χ2n) is 5.64. The Hall–Kier alpha value is -0.780. The molecule has 3 nitrogen and oxygen atoms in total. The number of benzene rings is 2. The van der Waals surface area contributed by atoms with Gasteiger partial charge in [0, 0.05) is 18.2 Å². The summed E-state index contributed by atoms with van der Waals surface area (Å²) < 4.78 is 6.81. The van der Waals surface area contributed by atoms with E-state index in [4.69, 9.17) is 21.4 Å². The van der Waals surface area contributed by atoms with Gasteiger partial charge in [-0.3, -0.25) is 0 Å². The number of rotatable bonds is 10. The van der Waals surface area contributed by atoms with E-state index < -0.39 is 0 Å². The molecule has 0 radical (unpaired) electrons. The van der Waals surface area contributed by atoms with Crippen LogP contribution in [0.25, 0.3) is 0 Å². The number of ether oxygens (including phenoxy) is 1. The average molecular weight is 449 g/mol. The largest absolute Gasteiger partial charge is 0.488 e. The maximum Gasteiger partial charge on any atom is 0.134 e. The van der Waals surface area contributed by atoms with Crippen molar-refractivity contribution in [3.8, 4) is 5.75 Å². The molecule has 0 aliphatic carbocycles. The van der Waals surface area contributed by atoms with Gasteiger partial charge in [0.25, 0.3) is 0 Å². The average Bonchev–Trinajstić information content (AvgIpc) is 2.59. The highest BCUT2D eigenvalue weighted by atomic mass is 79.9. The molecule has 0 fully saturated rings. The summed E-state index contributed by atoms with van der Waals surface area (Å²) in [6.45, 7) is 2.59. The molecular weight excluding hydrogens is 425 g/mol. The van der Waals surface area contributed by atoms with Crippen molar-refractivity contribution in [3.05, 3.63) is 63.1 Å². The van der Waals surface area contributed by atoms with Crippen LogP contribution < -0.4 is 10.1 Å². The number of aliphatic hydroxyl groups is 1. The molecule has 6 heteroatoms. The van der Waals surface area contributed by atoms with Crippen LogP contribution in [0.15, 0.2) is 46.9 Å². The van der Waals surface area contributed by atoms with Crippen LogP contribution in [0.5, 0.6) is 5.75 Å². The lowest BCUT2D eigenvalue weighted by molar-refractivity contribution is 0.283. The van der Waals surface area contributed by atoms with Gasteiger partial charge in [-0.25, -0.2) is 0 Å². The molecule has 0 aliphatic heterocycles. The molecule has 0 bridgehead atoms. The first-order valence-electron chi connectivity index (χ1n) is 8.16. The van der Waals surface area contributed by atoms with Crippen LogP contribution in [-0.4, -0.2) is 18.3 Å². The standard InChI is InChI=1S/C19H23BrClNO2.ClH/c20-18-12-16(13-22-10-2-1-3-11-23)6-9-19(18)24-14-15-4-7-17(21)8-5-15;/h4-9,12,22-23H,1-3,10-11,13-14H2;1H. The number of nitrogens with one attached hydrogen (secondary N) is 1. The third-order valence-electron chi connectivity index (χ3n) is 3.64. The van der Waals surface area contributed by atoms with E-state index in [9.17, 15) is 0 Å². The normalized spacial score (nSPS) is 10.4. The molecule has 0 saturated heterocycles. The van der Waals surface area contributed by atoms with Crippen LogP contribution in [-0.2, 0) is 13.2 Å². The molecule has 2 rings (SSSR count). The molecule has 138 valence electrons. The predicted octanol–water partition coefficient (Wildman–Crippen LogP) is 5.36. The van der Waals surface area contributed by atoms with E-state index in [1.807, 2.05) is 30.3 Å². The predicted molar refractivity (Wildman–Crippen MR) is 110 cm³/mol. The minimum absolute atomic E-state index is 0. The van der Waals surface area contributed by atoms with E-state index in [0.29, 0.717) is 6.61 Å². The lowest BCUT2D eigenvalue weighted by atomic mass is 10.2. The molecule has 2 N–H and O–H groups in total. The van der Waals surface area contributed by atoms with Crippen LogP contribution in [0.1, 0.15) is 30.4 Å². The zero-order valence-corrected chi connectivity index (χ0v) is 17.2. The minimum atomic E-state index is 0. The summed E-state index contributed by atoms with van der Waals surface area (Å²) in [6, 6.07) is 13.8. The van der Waals surface area contributed by atoms with Crippen molar-refractivity contribution in [2.75, 3.05) is 13.2 Å². The molecule has 2 aromatic carbocycles. The van der Waals surface area contributed by atoms with Crippen molar-refractivity contribution in [2.45, 2.75) is 32.4 Å². The van der Waals surface area contributed by atoms with E-state index >= 15 is 0 Å². The van der Waals surface area contributed by atoms with E-state index in [-0.39, 0.29) is 19.0 Å². The van der Waals surface area contributed by atoms with E-state index in [1.165, 1.54) is 5.56 Å². The van der Waals surface area contributed by atoms with Crippen molar-refractivity contribution in [1.29, 1.82) is 0 Å². The van der Waals surface area contributed by atoms with Crippen LogP contribution in [0.2, 0.25) is 5.02 Å². The molecule has 25 heavy (non-hydrogen) atoms. The number of hydrogen-bond donors (Lipinski definition) is 2. The molecule has 0 amide bonds. The topological polar surface area (TPSA) is 41.5 Å². The molecule has 2 aromatic rings. The smallest absolute Gasteiger partial charge is 0.134 e. The summed E-state index contributed by atoms with van der Waals surface area (Å²) in [4.78, 5) is 0. The van der Waals surface area contributed by atoms with E-state index in [2.05, 4.69) is 33.4 Å². The number of hydrogen-bond acceptors (Lipinski definition) is 3. The lowest BCUT2D eigenvalue weighted by Gasteiger charge is -2.11. The molecule has 0 spiro atoms. The maximum atomic E-state index is 8.74. The Morgan fingerprint density at radius 2 is 1.72 bits per heavy atom. The van der Waals surface area contributed by atoms with Gasteiger partial charge in [0.15, 0.2) is 0 Å². The summed E-state index contributed by atoms with van der Waals surface area (Å²) >= 11 is 9.46. The Morgan fingerprint density at radius 3 is 2.40 bits per heavy atom. The summed E-state index contributed by atoms with van der Waals surface area (Å²) in [5.41, 5.74) is 2.29. The van der Waals surface area contributed by atoms with Crippen LogP contribution >= 0.6 is 39.9 Å². The molecular formula is C19H24BrCl2NO2. The lowest BCUT2D eigenvalue weighted by Crippen LogP contribution is -2.14. The Bertz CT molecular complexity index is 623. The summed E-state index contributed by atoms with van der Waals surface area (Å²) in [5, 5.41) is 12.9. The zero-order valence-electron chi connectivity index (χ0n) is 14.0. The first-order valence-corrected chi connectivity index (χ1v) is 9.33. The molecule has 0 aromatic heterocycles. The number of aliphatic hydroxyl groups excluding tert-OH is 1. The zero-order chi connectivity index (χ0) is 17.2. The third-order valence-corrected chi connectivity index (χ3v) is 4.52. The highest BCUT2D eigenvalue weighted by molar-refractivity contribution is 9.10. The number of unbranched alkanes of at least 4 members (excludes halogenated alkanes) is 2. The Labute approximate surface area is 169 Å². The first kappa shape index (κ1) is 22.3. The van der Waals surface area contributed by atoms with Crippen LogP contribution in [0.3, 0.4) is 0 Å². The fourth-order valence-electron chi connectivity index (χ4n) is 2.28. The van der Waals surface area contributed by atoms with Gasteiger partial charge >= 0.3 is 0 Å². The van der Waals surface area contributed by atoms with Crippen molar-refractivity contribution < 1.29 is 9.84 Å². The van der Waals surface area contributed by atoms with Crippen molar-refractivity contribution in [2.24, 2.45) is 0 Å². The fourth-order valence-corrected chi connectivity index (χ4v) is 2.95. The highest BCUT2D eigenvalue weighted by Gasteiger charge is 2.04. The van der Waals surface area contributed by atoms with Crippen LogP contribution in [0, 0.1) is 0 Å². The van der Waals surface area contributed by atoms with Gasteiger partial charge in [-0.1, -0.05) is 29.8 Å². The summed E-state index contributed by atoms with van der Waals surface area (Å²) in [6.07, 6.45) is 3.03. The molecule has 0 heterocycles. The summed E-state index contributed by atoms with van der Waals surface area (Å²) in [5.74, 6) is 0.830. The van der Waals surface area contributed by atoms with E-state index in [0.717, 1.165) is 53.2 Å². The molecule has 0 unspecified atom stereocenters.